The highest BCUT2D eigenvalue weighted by molar-refractivity contribution is 7.89. The van der Waals surface area contributed by atoms with Crippen molar-refractivity contribution in [3.05, 3.63) is 64.2 Å². The third-order valence-electron chi connectivity index (χ3n) is 5.58. The van der Waals surface area contributed by atoms with Gasteiger partial charge in [-0.15, -0.1) is 0 Å². The van der Waals surface area contributed by atoms with Crippen LogP contribution in [0.5, 0.6) is 0 Å². The lowest BCUT2D eigenvalue weighted by molar-refractivity contribution is -0.148. The van der Waals surface area contributed by atoms with Crippen LogP contribution in [0.2, 0.25) is 0 Å². The second-order valence-corrected chi connectivity index (χ2v) is 9.94. The number of halogens is 2. The fraction of sp³-hybridized carbons (Fsp3) is 0.391. The molecule has 0 aromatic heterocycles. The molecule has 32 heavy (non-hydrogen) atoms. The normalized spacial score (nSPS) is 15.5. The van der Waals surface area contributed by atoms with Crippen molar-refractivity contribution in [2.24, 2.45) is 5.92 Å². The number of aryl methyl sites for hydroxylation is 3. The van der Waals surface area contributed by atoms with E-state index < -0.39 is 45.9 Å². The van der Waals surface area contributed by atoms with Crippen LogP contribution in [0.25, 0.3) is 0 Å². The topological polar surface area (TPSA) is 80.8 Å². The van der Waals surface area contributed by atoms with Crippen molar-refractivity contribution in [3.8, 4) is 0 Å². The van der Waals surface area contributed by atoms with E-state index in [0.29, 0.717) is 16.0 Å². The van der Waals surface area contributed by atoms with Crippen molar-refractivity contribution in [3.63, 3.8) is 0 Å². The lowest BCUT2D eigenvalue weighted by atomic mass is 9.98. The van der Waals surface area contributed by atoms with Gasteiger partial charge in [0, 0.05) is 18.7 Å². The summed E-state index contributed by atoms with van der Waals surface area (Å²) in [6.45, 7) is 5.16. The molecule has 1 saturated heterocycles. The SMILES string of the molecule is Cc1cc(C)c(S(=O)(=O)N2CCC(C(=O)OCC(=O)c3ccc(F)c(F)c3)CC2)c(C)c1. The van der Waals surface area contributed by atoms with Crippen molar-refractivity contribution in [2.75, 3.05) is 19.7 Å². The molecule has 172 valence electrons. The van der Waals surface area contributed by atoms with Crippen LogP contribution < -0.4 is 0 Å². The molecule has 0 N–H and O–H groups in total. The Morgan fingerprint density at radius 2 is 1.59 bits per heavy atom. The number of Topliss-reactive ketones (excluding diaryl/α,β-unsaturated/α-hetero) is 1. The maximum atomic E-state index is 13.3. The minimum Gasteiger partial charge on any atom is -0.457 e. The first-order valence-corrected chi connectivity index (χ1v) is 11.7. The molecule has 0 amide bonds. The number of carbonyl (C=O) groups is 2. The number of esters is 1. The number of benzene rings is 2. The molecule has 0 aliphatic carbocycles. The van der Waals surface area contributed by atoms with Gasteiger partial charge in [-0.05, 0) is 62.9 Å². The first-order valence-electron chi connectivity index (χ1n) is 10.2. The molecule has 0 unspecified atom stereocenters. The Morgan fingerprint density at radius 1 is 1.00 bits per heavy atom. The number of hydrogen-bond donors (Lipinski definition) is 0. The molecule has 1 aliphatic heterocycles. The number of ketones is 1. The second kappa shape index (κ2) is 9.46. The van der Waals surface area contributed by atoms with Gasteiger partial charge in [0.1, 0.15) is 0 Å². The summed E-state index contributed by atoms with van der Waals surface area (Å²) < 4.78 is 59.0. The van der Waals surface area contributed by atoms with Gasteiger partial charge in [0.2, 0.25) is 10.0 Å². The zero-order chi connectivity index (χ0) is 23.6. The third kappa shape index (κ3) is 5.05. The lowest BCUT2D eigenvalue weighted by Gasteiger charge is -2.31. The number of carbonyl (C=O) groups excluding carboxylic acids is 2. The van der Waals surface area contributed by atoms with Gasteiger partial charge in [-0.3, -0.25) is 9.59 Å². The smallest absolute Gasteiger partial charge is 0.309 e. The minimum absolute atomic E-state index is 0.0959. The Bertz CT molecular complexity index is 1130. The summed E-state index contributed by atoms with van der Waals surface area (Å²) in [5.41, 5.74) is 2.25. The van der Waals surface area contributed by atoms with Gasteiger partial charge in [0.15, 0.2) is 24.0 Å². The molecule has 0 saturated carbocycles. The zero-order valence-corrected chi connectivity index (χ0v) is 19.0. The number of sulfonamides is 1. The van der Waals surface area contributed by atoms with E-state index in [-0.39, 0.29) is 31.5 Å². The molecule has 2 aromatic rings. The van der Waals surface area contributed by atoms with Crippen LogP contribution in [0.3, 0.4) is 0 Å². The van der Waals surface area contributed by atoms with Gasteiger partial charge in [0.25, 0.3) is 0 Å². The summed E-state index contributed by atoms with van der Waals surface area (Å²) in [6, 6.07) is 6.36. The second-order valence-electron chi connectivity index (χ2n) is 8.07. The van der Waals surface area contributed by atoms with Gasteiger partial charge in [-0.2, -0.15) is 4.31 Å². The van der Waals surface area contributed by atoms with Crippen LogP contribution in [0, 0.1) is 38.3 Å². The van der Waals surface area contributed by atoms with Crippen LogP contribution in [-0.4, -0.2) is 44.2 Å². The molecule has 0 atom stereocenters. The molecule has 1 aliphatic rings. The van der Waals surface area contributed by atoms with Crippen LogP contribution in [0.15, 0.2) is 35.2 Å². The fourth-order valence-electron chi connectivity index (χ4n) is 4.04. The maximum absolute atomic E-state index is 13.3. The average molecular weight is 466 g/mol. The first-order chi connectivity index (χ1) is 15.0. The van der Waals surface area contributed by atoms with E-state index in [0.717, 1.165) is 23.8 Å². The van der Waals surface area contributed by atoms with E-state index >= 15 is 0 Å². The van der Waals surface area contributed by atoms with E-state index in [1.54, 1.807) is 13.8 Å². The van der Waals surface area contributed by atoms with Crippen molar-refractivity contribution in [1.82, 2.24) is 4.31 Å². The maximum Gasteiger partial charge on any atom is 0.309 e. The molecule has 9 heteroatoms. The summed E-state index contributed by atoms with van der Waals surface area (Å²) in [7, 11) is -3.70. The van der Waals surface area contributed by atoms with Gasteiger partial charge >= 0.3 is 5.97 Å². The predicted molar refractivity (Wildman–Crippen MR) is 114 cm³/mol. The third-order valence-corrected chi connectivity index (χ3v) is 7.78. The minimum atomic E-state index is -3.70. The average Bonchev–Trinajstić information content (AvgIpc) is 2.72. The summed E-state index contributed by atoms with van der Waals surface area (Å²) >= 11 is 0. The van der Waals surface area contributed by atoms with Crippen LogP contribution in [0.1, 0.15) is 39.9 Å². The summed E-state index contributed by atoms with van der Waals surface area (Å²) in [5, 5.41) is 0. The molecule has 0 bridgehead atoms. The predicted octanol–water partition coefficient (Wildman–Crippen LogP) is 3.72. The number of hydrogen-bond acceptors (Lipinski definition) is 5. The van der Waals surface area contributed by atoms with Gasteiger partial charge < -0.3 is 4.74 Å². The monoisotopic (exact) mass is 465 g/mol. The quantitative estimate of drug-likeness (QED) is 0.480. The number of ether oxygens (including phenoxy) is 1. The summed E-state index contributed by atoms with van der Waals surface area (Å²) in [5.74, 6) is -4.03. The van der Waals surface area contributed by atoms with E-state index in [1.165, 1.54) is 4.31 Å². The van der Waals surface area contributed by atoms with Gasteiger partial charge in [-0.1, -0.05) is 17.7 Å². The number of nitrogens with zero attached hydrogens (tertiary/aromatic N) is 1. The Hall–Kier alpha value is -2.65. The Morgan fingerprint density at radius 3 is 2.16 bits per heavy atom. The first kappa shape index (κ1) is 24.0. The highest BCUT2D eigenvalue weighted by atomic mass is 32.2. The van der Waals surface area contributed by atoms with Crippen molar-refractivity contribution >= 4 is 21.8 Å². The molecular weight excluding hydrogens is 440 g/mol. The van der Waals surface area contributed by atoms with Gasteiger partial charge in [0.05, 0.1) is 10.8 Å². The van der Waals surface area contributed by atoms with Crippen LogP contribution >= 0.6 is 0 Å². The summed E-state index contributed by atoms with van der Waals surface area (Å²) in [6.07, 6.45) is 0.531. The van der Waals surface area contributed by atoms with E-state index in [1.807, 2.05) is 19.1 Å². The fourth-order valence-corrected chi connectivity index (χ4v) is 5.92. The molecule has 3 rings (SSSR count). The standard InChI is InChI=1S/C23H25F2NO5S/c1-14-10-15(2)22(16(3)11-14)32(29,30)26-8-6-17(7-9-26)23(28)31-13-21(27)18-4-5-19(24)20(25)12-18/h4-5,10-12,17H,6-9,13H2,1-3H3. The lowest BCUT2D eigenvalue weighted by Crippen LogP contribution is -2.41. The molecule has 1 heterocycles. The number of rotatable bonds is 6. The Kier molecular flexibility index (Phi) is 7.09. The zero-order valence-electron chi connectivity index (χ0n) is 18.2. The summed E-state index contributed by atoms with van der Waals surface area (Å²) in [4.78, 5) is 24.7. The van der Waals surface area contributed by atoms with Crippen LogP contribution in [-0.2, 0) is 19.6 Å². The molecular formula is C23H25F2NO5S. The molecule has 6 nitrogen and oxygen atoms in total. The van der Waals surface area contributed by atoms with Crippen molar-refractivity contribution in [1.29, 1.82) is 0 Å². The Balaban J connectivity index is 1.59. The molecule has 2 aromatic carbocycles. The number of piperidine rings is 1. The van der Waals surface area contributed by atoms with E-state index in [2.05, 4.69) is 0 Å². The van der Waals surface area contributed by atoms with Crippen LogP contribution in [0.4, 0.5) is 8.78 Å². The van der Waals surface area contributed by atoms with Crippen molar-refractivity contribution < 1.29 is 31.5 Å². The molecule has 1 fully saturated rings. The highest BCUT2D eigenvalue weighted by Gasteiger charge is 2.34. The van der Waals surface area contributed by atoms with E-state index in [4.69, 9.17) is 4.74 Å². The molecule has 0 spiro atoms. The highest BCUT2D eigenvalue weighted by Crippen LogP contribution is 2.29. The van der Waals surface area contributed by atoms with E-state index in [9.17, 15) is 26.8 Å². The Labute approximate surface area is 186 Å². The molecule has 0 radical (unpaired) electrons. The van der Waals surface area contributed by atoms with Gasteiger partial charge in [-0.25, -0.2) is 17.2 Å². The van der Waals surface area contributed by atoms with Crippen molar-refractivity contribution in [2.45, 2.75) is 38.5 Å². The largest absolute Gasteiger partial charge is 0.457 e.